The van der Waals surface area contributed by atoms with Gasteiger partial charge in [-0.15, -0.1) is 0 Å². The quantitative estimate of drug-likeness (QED) is 0.216. The van der Waals surface area contributed by atoms with E-state index in [4.69, 9.17) is 14.2 Å². The number of hydrogen-bond donors (Lipinski definition) is 1. The van der Waals surface area contributed by atoms with E-state index in [0.717, 1.165) is 5.69 Å². The van der Waals surface area contributed by atoms with Crippen LogP contribution in [0.2, 0.25) is 0 Å². The smallest absolute Gasteiger partial charge is 0.337 e. The van der Waals surface area contributed by atoms with Crippen LogP contribution in [0.5, 0.6) is 11.5 Å². The molecule has 4 rings (SSSR count). The predicted molar refractivity (Wildman–Crippen MR) is 143 cm³/mol. The third-order valence-corrected chi connectivity index (χ3v) is 6.38. The van der Waals surface area contributed by atoms with Crippen molar-refractivity contribution in [3.05, 3.63) is 89.0 Å². The monoisotopic (exact) mass is 516 g/mol. The molecule has 0 bridgehead atoms. The molecule has 0 aliphatic carbocycles. The third-order valence-electron chi connectivity index (χ3n) is 6.38. The Kier molecular flexibility index (Phi) is 7.38. The molecule has 196 valence electrons. The maximum absolute atomic E-state index is 13.5. The summed E-state index contributed by atoms with van der Waals surface area (Å²) in [5.41, 5.74) is 1.99. The Morgan fingerprint density at radius 2 is 1.50 bits per heavy atom. The zero-order valence-corrected chi connectivity index (χ0v) is 21.7. The van der Waals surface area contributed by atoms with E-state index in [-0.39, 0.29) is 28.2 Å². The molecule has 0 radical (unpaired) electrons. The molecule has 0 spiro atoms. The van der Waals surface area contributed by atoms with E-state index in [9.17, 15) is 19.5 Å². The van der Waals surface area contributed by atoms with Crippen LogP contribution in [0.15, 0.2) is 72.3 Å². The number of hydrogen-bond acceptors (Lipinski definition) is 8. The number of Topliss-reactive ketones (excluding diaryl/α,β-unsaturated/α-hetero) is 1. The minimum absolute atomic E-state index is 0.140. The highest BCUT2D eigenvalue weighted by molar-refractivity contribution is 6.51. The minimum Gasteiger partial charge on any atom is -0.506 e. The van der Waals surface area contributed by atoms with Crippen LogP contribution in [0.25, 0.3) is 5.76 Å². The van der Waals surface area contributed by atoms with Crippen LogP contribution >= 0.6 is 0 Å². The van der Waals surface area contributed by atoms with Gasteiger partial charge in [0.05, 0.1) is 38.5 Å². The van der Waals surface area contributed by atoms with Gasteiger partial charge in [0.2, 0.25) is 0 Å². The number of esters is 1. The second-order valence-corrected chi connectivity index (χ2v) is 8.73. The van der Waals surface area contributed by atoms with Crippen molar-refractivity contribution in [2.75, 3.05) is 45.2 Å². The Labute approximate surface area is 220 Å². The number of aliphatic hydroxyl groups excluding tert-OH is 1. The first kappa shape index (κ1) is 26.3. The van der Waals surface area contributed by atoms with E-state index in [1.807, 2.05) is 31.1 Å². The fraction of sp³-hybridized carbons (Fsp3) is 0.207. The number of benzene rings is 3. The van der Waals surface area contributed by atoms with Crippen molar-refractivity contribution in [1.82, 2.24) is 0 Å². The van der Waals surface area contributed by atoms with Crippen LogP contribution in [0.3, 0.4) is 0 Å². The summed E-state index contributed by atoms with van der Waals surface area (Å²) < 4.78 is 15.7. The Balaban J connectivity index is 1.99. The third kappa shape index (κ3) is 4.54. The van der Waals surface area contributed by atoms with Crippen LogP contribution < -0.4 is 19.3 Å². The highest BCUT2D eigenvalue weighted by Crippen LogP contribution is 2.45. The first-order valence-corrected chi connectivity index (χ1v) is 11.7. The summed E-state index contributed by atoms with van der Waals surface area (Å²) in [6.45, 7) is 0. The fourth-order valence-corrected chi connectivity index (χ4v) is 4.49. The number of ether oxygens (including phenoxy) is 3. The largest absolute Gasteiger partial charge is 0.506 e. The Morgan fingerprint density at radius 3 is 2.05 bits per heavy atom. The van der Waals surface area contributed by atoms with E-state index >= 15 is 0 Å². The molecular weight excluding hydrogens is 488 g/mol. The van der Waals surface area contributed by atoms with Crippen LogP contribution in [0, 0.1) is 0 Å². The van der Waals surface area contributed by atoms with Crippen LogP contribution in [-0.2, 0) is 14.3 Å². The lowest BCUT2D eigenvalue weighted by molar-refractivity contribution is -0.132. The molecule has 9 nitrogen and oxygen atoms in total. The molecule has 1 aliphatic heterocycles. The van der Waals surface area contributed by atoms with Gasteiger partial charge in [0.15, 0.2) is 0 Å². The molecule has 1 N–H and O–H groups in total. The summed E-state index contributed by atoms with van der Waals surface area (Å²) in [6, 6.07) is 17.4. The van der Waals surface area contributed by atoms with Gasteiger partial charge in [-0.05, 0) is 48.0 Å². The molecule has 1 amide bonds. The Morgan fingerprint density at radius 1 is 0.895 bits per heavy atom. The van der Waals surface area contributed by atoms with E-state index < -0.39 is 29.5 Å². The number of methoxy groups -OCH3 is 3. The van der Waals surface area contributed by atoms with Gasteiger partial charge in [-0.3, -0.25) is 14.5 Å². The molecule has 1 aliphatic rings. The molecule has 0 saturated carbocycles. The topological polar surface area (TPSA) is 106 Å². The standard InChI is InChI=1S/C29H28N2O7/c1-30(2)19-14-12-17(13-15-19)25-24(26(32)23-21(36-3)10-7-11-22(23)37-4)27(33)28(34)31(25)20-9-6-8-18(16-20)29(35)38-5/h6-16,25,32H,1-5H3/b26-24+. The van der Waals surface area contributed by atoms with Gasteiger partial charge in [-0.2, -0.15) is 0 Å². The lowest BCUT2D eigenvalue weighted by atomic mass is 9.94. The number of ketones is 1. The molecule has 3 aromatic rings. The van der Waals surface area contributed by atoms with Crippen LogP contribution in [0.4, 0.5) is 11.4 Å². The summed E-state index contributed by atoms with van der Waals surface area (Å²) in [4.78, 5) is 42.5. The van der Waals surface area contributed by atoms with Crippen molar-refractivity contribution in [2.24, 2.45) is 0 Å². The highest BCUT2D eigenvalue weighted by Gasteiger charge is 2.47. The molecule has 1 fully saturated rings. The van der Waals surface area contributed by atoms with Gasteiger partial charge >= 0.3 is 5.97 Å². The van der Waals surface area contributed by atoms with Crippen molar-refractivity contribution in [3.8, 4) is 11.5 Å². The van der Waals surface area contributed by atoms with Gasteiger partial charge in [0.25, 0.3) is 11.7 Å². The van der Waals surface area contributed by atoms with Crippen LogP contribution in [0.1, 0.15) is 27.5 Å². The first-order valence-electron chi connectivity index (χ1n) is 11.7. The highest BCUT2D eigenvalue weighted by atomic mass is 16.5. The molecule has 1 heterocycles. The second kappa shape index (κ2) is 10.7. The molecule has 3 aromatic carbocycles. The number of aliphatic hydroxyl groups is 1. The van der Waals surface area contributed by atoms with Gasteiger partial charge in [-0.1, -0.05) is 24.3 Å². The Bertz CT molecular complexity index is 1400. The average Bonchev–Trinajstić information content (AvgIpc) is 3.21. The average molecular weight is 517 g/mol. The van der Waals surface area contributed by atoms with E-state index in [1.54, 1.807) is 48.5 Å². The van der Waals surface area contributed by atoms with Crippen molar-refractivity contribution < 1.29 is 33.7 Å². The van der Waals surface area contributed by atoms with E-state index in [0.29, 0.717) is 11.3 Å². The van der Waals surface area contributed by atoms with Gasteiger partial charge in [-0.25, -0.2) is 4.79 Å². The summed E-state index contributed by atoms with van der Waals surface area (Å²) in [5, 5.41) is 11.6. The number of carbonyl (C=O) groups excluding carboxylic acids is 3. The SMILES string of the molecule is COC(=O)c1cccc(N2C(=O)C(=O)/C(=C(/O)c3c(OC)cccc3OC)C2c2ccc(N(C)C)cc2)c1. The molecule has 0 aromatic heterocycles. The van der Waals surface area contributed by atoms with Gasteiger partial charge in [0, 0.05) is 25.5 Å². The van der Waals surface area contributed by atoms with Crippen molar-refractivity contribution in [3.63, 3.8) is 0 Å². The lowest BCUT2D eigenvalue weighted by Crippen LogP contribution is -2.29. The number of rotatable bonds is 7. The summed E-state index contributed by atoms with van der Waals surface area (Å²) in [6.07, 6.45) is 0. The number of nitrogens with zero attached hydrogens (tertiary/aromatic N) is 2. The lowest BCUT2D eigenvalue weighted by Gasteiger charge is -2.26. The van der Waals surface area contributed by atoms with Crippen molar-refractivity contribution >= 4 is 34.8 Å². The molecule has 1 saturated heterocycles. The Hall–Kier alpha value is -4.79. The number of anilines is 2. The zero-order valence-electron chi connectivity index (χ0n) is 21.7. The maximum atomic E-state index is 13.5. The summed E-state index contributed by atoms with van der Waals surface area (Å²) in [5.74, 6) is -2.24. The van der Waals surface area contributed by atoms with E-state index in [1.165, 1.54) is 32.3 Å². The van der Waals surface area contributed by atoms with Crippen molar-refractivity contribution in [1.29, 1.82) is 0 Å². The molecular formula is C29H28N2O7. The first-order chi connectivity index (χ1) is 18.2. The van der Waals surface area contributed by atoms with Crippen LogP contribution in [-0.4, -0.2) is 58.2 Å². The van der Waals surface area contributed by atoms with Crippen molar-refractivity contribution in [2.45, 2.75) is 6.04 Å². The molecule has 38 heavy (non-hydrogen) atoms. The predicted octanol–water partition coefficient (Wildman–Crippen LogP) is 4.18. The zero-order chi connectivity index (χ0) is 27.6. The number of amides is 1. The maximum Gasteiger partial charge on any atom is 0.337 e. The summed E-state index contributed by atoms with van der Waals surface area (Å²) in [7, 11) is 7.91. The minimum atomic E-state index is -1.01. The summed E-state index contributed by atoms with van der Waals surface area (Å²) >= 11 is 0. The van der Waals surface area contributed by atoms with Gasteiger partial charge < -0.3 is 24.2 Å². The molecule has 1 atom stereocenters. The van der Waals surface area contributed by atoms with E-state index in [2.05, 4.69) is 0 Å². The fourth-order valence-electron chi connectivity index (χ4n) is 4.49. The normalized spacial score (nSPS) is 16.3. The molecule has 9 heteroatoms. The molecule has 1 unspecified atom stereocenters. The number of carbonyl (C=O) groups is 3. The van der Waals surface area contributed by atoms with Gasteiger partial charge in [0.1, 0.15) is 22.8 Å². The second-order valence-electron chi connectivity index (χ2n) is 8.73.